The maximum atomic E-state index is 13.4. The van der Waals surface area contributed by atoms with Crippen molar-refractivity contribution in [1.82, 2.24) is 10.2 Å². The van der Waals surface area contributed by atoms with Crippen LogP contribution >= 0.6 is 0 Å². The van der Waals surface area contributed by atoms with E-state index < -0.39 is 17.8 Å². The Hall–Kier alpha value is -1.99. The van der Waals surface area contributed by atoms with E-state index in [0.717, 1.165) is 0 Å². The minimum Gasteiger partial charge on any atom is -0.394 e. The molecule has 21 heavy (non-hydrogen) atoms. The number of hydrogen-bond acceptors (Lipinski definition) is 4. The molecule has 7 heteroatoms. The van der Waals surface area contributed by atoms with Gasteiger partial charge in [-0.2, -0.15) is 0 Å². The highest BCUT2D eigenvalue weighted by Gasteiger charge is 2.24. The van der Waals surface area contributed by atoms with E-state index in [4.69, 9.17) is 9.84 Å². The minimum atomic E-state index is -0.631. The number of morpholine rings is 1. The zero-order chi connectivity index (χ0) is 15.2. The number of rotatable bonds is 4. The van der Waals surface area contributed by atoms with Crippen molar-refractivity contribution in [3.8, 4) is 0 Å². The molecule has 1 saturated heterocycles. The second kappa shape index (κ2) is 7.14. The SMILES string of the molecule is O=C(NCC(=O)N1CCOC(CO)C1)c1ccccc1F. The van der Waals surface area contributed by atoms with Gasteiger partial charge in [0.05, 0.1) is 31.4 Å². The van der Waals surface area contributed by atoms with Crippen LogP contribution in [0.15, 0.2) is 24.3 Å². The van der Waals surface area contributed by atoms with Gasteiger partial charge in [0, 0.05) is 13.1 Å². The third-order valence-corrected chi connectivity index (χ3v) is 3.21. The Morgan fingerprint density at radius 1 is 1.43 bits per heavy atom. The summed E-state index contributed by atoms with van der Waals surface area (Å²) in [6.45, 7) is 0.657. The topological polar surface area (TPSA) is 78.9 Å². The van der Waals surface area contributed by atoms with Crippen molar-refractivity contribution < 1.29 is 23.8 Å². The predicted molar refractivity (Wildman–Crippen MR) is 72.1 cm³/mol. The van der Waals surface area contributed by atoms with Crippen LogP contribution in [0.5, 0.6) is 0 Å². The Morgan fingerprint density at radius 2 is 2.19 bits per heavy atom. The van der Waals surface area contributed by atoms with E-state index in [0.29, 0.717) is 13.2 Å². The van der Waals surface area contributed by atoms with E-state index in [9.17, 15) is 14.0 Å². The molecule has 1 unspecified atom stereocenters. The van der Waals surface area contributed by atoms with Crippen molar-refractivity contribution in [1.29, 1.82) is 0 Å². The van der Waals surface area contributed by atoms with Gasteiger partial charge >= 0.3 is 0 Å². The standard InChI is InChI=1S/C14H17FN2O4/c15-12-4-2-1-3-11(12)14(20)16-7-13(19)17-5-6-21-10(8-17)9-18/h1-4,10,18H,5-9H2,(H,16,20). The molecule has 114 valence electrons. The molecule has 6 nitrogen and oxygen atoms in total. The molecule has 0 saturated carbocycles. The molecular weight excluding hydrogens is 279 g/mol. The molecule has 0 bridgehead atoms. The van der Waals surface area contributed by atoms with E-state index in [1.54, 1.807) is 6.07 Å². The molecule has 2 N–H and O–H groups in total. The molecule has 2 amide bonds. The fraction of sp³-hybridized carbons (Fsp3) is 0.429. The number of hydrogen-bond donors (Lipinski definition) is 2. The summed E-state index contributed by atoms with van der Waals surface area (Å²) in [6.07, 6.45) is -0.398. The number of halogens is 1. The molecule has 0 spiro atoms. The summed E-state index contributed by atoms with van der Waals surface area (Å²) in [5.41, 5.74) is -0.0967. The van der Waals surface area contributed by atoms with E-state index in [1.807, 2.05) is 0 Å². The van der Waals surface area contributed by atoms with Crippen LogP contribution in [0.25, 0.3) is 0 Å². The number of aliphatic hydroxyl groups excluding tert-OH is 1. The molecule has 1 heterocycles. The van der Waals surface area contributed by atoms with Crippen molar-refractivity contribution in [2.75, 3.05) is 32.8 Å². The van der Waals surface area contributed by atoms with Crippen molar-refractivity contribution in [2.24, 2.45) is 0 Å². The average molecular weight is 296 g/mol. The average Bonchev–Trinajstić information content (AvgIpc) is 2.52. The quantitative estimate of drug-likeness (QED) is 0.805. The predicted octanol–water partition coefficient (Wildman–Crippen LogP) is -0.225. The van der Waals surface area contributed by atoms with E-state index in [-0.39, 0.29) is 31.2 Å². The summed E-state index contributed by atoms with van der Waals surface area (Å²) in [7, 11) is 0. The van der Waals surface area contributed by atoms with Crippen molar-refractivity contribution in [3.63, 3.8) is 0 Å². The Bertz CT molecular complexity index is 523. The zero-order valence-corrected chi connectivity index (χ0v) is 11.4. The van der Waals surface area contributed by atoms with Crippen LogP contribution in [0.4, 0.5) is 4.39 Å². The second-order valence-corrected chi connectivity index (χ2v) is 4.68. The number of aliphatic hydroxyl groups is 1. The lowest BCUT2D eigenvalue weighted by atomic mass is 10.2. The van der Waals surface area contributed by atoms with Gasteiger partial charge in [0.15, 0.2) is 0 Å². The summed E-state index contributed by atoms with van der Waals surface area (Å²) in [5, 5.41) is 11.4. The van der Waals surface area contributed by atoms with Crippen molar-refractivity contribution in [2.45, 2.75) is 6.10 Å². The molecule has 1 fully saturated rings. The molecule has 0 aromatic heterocycles. The van der Waals surface area contributed by atoms with Crippen LogP contribution in [0, 0.1) is 5.82 Å². The first kappa shape index (κ1) is 15.4. The summed E-state index contributed by atoms with van der Waals surface area (Å²) in [6, 6.07) is 5.57. The van der Waals surface area contributed by atoms with Crippen molar-refractivity contribution >= 4 is 11.8 Å². The smallest absolute Gasteiger partial charge is 0.254 e. The van der Waals surface area contributed by atoms with Gasteiger partial charge in [-0.05, 0) is 12.1 Å². The number of amides is 2. The first-order valence-electron chi connectivity index (χ1n) is 6.64. The van der Waals surface area contributed by atoms with Gasteiger partial charge in [0.1, 0.15) is 5.82 Å². The van der Waals surface area contributed by atoms with Gasteiger partial charge in [-0.15, -0.1) is 0 Å². The first-order chi connectivity index (χ1) is 10.1. The van der Waals surface area contributed by atoms with Crippen LogP contribution in [0.2, 0.25) is 0 Å². The number of carbonyl (C=O) groups is 2. The molecule has 0 aliphatic carbocycles. The summed E-state index contributed by atoms with van der Waals surface area (Å²) in [5.74, 6) is -1.55. The lowest BCUT2D eigenvalue weighted by Crippen LogP contribution is -2.50. The third-order valence-electron chi connectivity index (χ3n) is 3.21. The van der Waals surface area contributed by atoms with E-state index >= 15 is 0 Å². The molecule has 1 aromatic carbocycles. The maximum Gasteiger partial charge on any atom is 0.254 e. The largest absolute Gasteiger partial charge is 0.394 e. The molecule has 1 aliphatic heterocycles. The highest BCUT2D eigenvalue weighted by molar-refractivity contribution is 5.96. The number of nitrogens with one attached hydrogen (secondary N) is 1. The maximum absolute atomic E-state index is 13.4. The fourth-order valence-corrected chi connectivity index (χ4v) is 2.06. The zero-order valence-electron chi connectivity index (χ0n) is 11.4. The van der Waals surface area contributed by atoms with Crippen molar-refractivity contribution in [3.05, 3.63) is 35.6 Å². The van der Waals surface area contributed by atoms with Gasteiger partial charge < -0.3 is 20.1 Å². The van der Waals surface area contributed by atoms with E-state index in [1.165, 1.54) is 23.1 Å². The Morgan fingerprint density at radius 3 is 2.90 bits per heavy atom. The van der Waals surface area contributed by atoms with Gasteiger partial charge in [-0.1, -0.05) is 12.1 Å². The second-order valence-electron chi connectivity index (χ2n) is 4.68. The number of nitrogens with zero attached hydrogens (tertiary/aromatic N) is 1. The van der Waals surface area contributed by atoms with Gasteiger partial charge in [0.2, 0.25) is 5.91 Å². The number of benzene rings is 1. The summed E-state index contributed by atoms with van der Waals surface area (Å²) < 4.78 is 18.7. The van der Waals surface area contributed by atoms with E-state index in [2.05, 4.69) is 5.32 Å². The van der Waals surface area contributed by atoms with Gasteiger partial charge in [-0.25, -0.2) is 4.39 Å². The van der Waals surface area contributed by atoms with Crippen LogP contribution in [-0.4, -0.2) is 60.8 Å². The van der Waals surface area contributed by atoms with Gasteiger partial charge in [-0.3, -0.25) is 9.59 Å². The van der Waals surface area contributed by atoms with Crippen LogP contribution < -0.4 is 5.32 Å². The number of ether oxygens (including phenoxy) is 1. The Kier molecular flexibility index (Phi) is 5.24. The van der Waals surface area contributed by atoms with Crippen LogP contribution in [0.1, 0.15) is 10.4 Å². The molecule has 1 atom stereocenters. The minimum absolute atomic E-state index is 0.0967. The molecular formula is C14H17FN2O4. The highest BCUT2D eigenvalue weighted by Crippen LogP contribution is 2.07. The first-order valence-corrected chi connectivity index (χ1v) is 6.64. The van der Waals surface area contributed by atoms with Crippen LogP contribution in [-0.2, 0) is 9.53 Å². The highest BCUT2D eigenvalue weighted by atomic mass is 19.1. The third kappa shape index (κ3) is 3.99. The monoisotopic (exact) mass is 296 g/mol. The lowest BCUT2D eigenvalue weighted by Gasteiger charge is -2.32. The van der Waals surface area contributed by atoms with Gasteiger partial charge in [0.25, 0.3) is 5.91 Å². The normalized spacial score (nSPS) is 18.4. The number of carbonyl (C=O) groups excluding carboxylic acids is 2. The summed E-state index contributed by atoms with van der Waals surface area (Å²) in [4.78, 5) is 25.3. The fourth-order valence-electron chi connectivity index (χ4n) is 2.06. The molecule has 0 radical (unpaired) electrons. The van der Waals surface area contributed by atoms with Crippen LogP contribution in [0.3, 0.4) is 0 Å². The Balaban J connectivity index is 1.86. The lowest BCUT2D eigenvalue weighted by molar-refractivity contribution is -0.139. The molecule has 1 aromatic rings. The molecule has 1 aliphatic rings. The molecule has 2 rings (SSSR count). The summed E-state index contributed by atoms with van der Waals surface area (Å²) >= 11 is 0. The Labute approximate surface area is 121 Å².